The second-order valence-corrected chi connectivity index (χ2v) is 8.68. The van der Waals surface area contributed by atoms with Gasteiger partial charge in [0.2, 0.25) is 0 Å². The third kappa shape index (κ3) is 3.80. The van der Waals surface area contributed by atoms with Crippen LogP contribution in [0.2, 0.25) is 0 Å². The number of thiophene rings is 1. The lowest BCUT2D eigenvalue weighted by Crippen LogP contribution is -2.29. The van der Waals surface area contributed by atoms with E-state index in [0.717, 1.165) is 25.8 Å². The van der Waals surface area contributed by atoms with Crippen molar-refractivity contribution in [2.24, 2.45) is 5.92 Å². The Bertz CT molecular complexity index is 507. The molecule has 1 fully saturated rings. The second-order valence-electron chi connectivity index (χ2n) is 5.25. The molecule has 108 valence electrons. The van der Waals surface area contributed by atoms with Gasteiger partial charge in [0.05, 0.1) is 11.5 Å². The Balaban J connectivity index is 2.16. The first-order chi connectivity index (χ1) is 9.05. The van der Waals surface area contributed by atoms with Crippen molar-refractivity contribution in [3.8, 4) is 0 Å². The number of sulfone groups is 1. The number of nitrogens with one attached hydrogen (secondary N) is 1. The molecule has 2 heterocycles. The highest BCUT2D eigenvalue weighted by atomic mass is 32.2. The molecule has 1 N–H and O–H groups in total. The molecule has 1 aromatic heterocycles. The van der Waals surface area contributed by atoms with Crippen LogP contribution >= 0.6 is 11.3 Å². The van der Waals surface area contributed by atoms with Crippen molar-refractivity contribution in [2.45, 2.75) is 39.2 Å². The van der Waals surface area contributed by atoms with Gasteiger partial charge in [-0.15, -0.1) is 11.3 Å². The minimum Gasteiger partial charge on any atom is -0.309 e. The van der Waals surface area contributed by atoms with E-state index >= 15 is 0 Å². The Hall–Kier alpha value is -0.390. The molecular formula is C14H23NO2S2. The molecular weight excluding hydrogens is 278 g/mol. The van der Waals surface area contributed by atoms with Crippen molar-refractivity contribution in [2.75, 3.05) is 18.1 Å². The van der Waals surface area contributed by atoms with Gasteiger partial charge >= 0.3 is 0 Å². The maximum atomic E-state index is 11.7. The van der Waals surface area contributed by atoms with Crippen LogP contribution in [-0.4, -0.2) is 26.5 Å². The second kappa shape index (κ2) is 6.37. The topological polar surface area (TPSA) is 46.2 Å². The number of aryl methyl sites for hydroxylation is 1. The van der Waals surface area contributed by atoms with E-state index in [-0.39, 0.29) is 12.0 Å². The van der Waals surface area contributed by atoms with Crippen molar-refractivity contribution < 1.29 is 8.42 Å². The van der Waals surface area contributed by atoms with Crippen molar-refractivity contribution in [1.29, 1.82) is 0 Å². The molecule has 19 heavy (non-hydrogen) atoms. The lowest BCUT2D eigenvalue weighted by Gasteiger charge is -2.22. The monoisotopic (exact) mass is 301 g/mol. The van der Waals surface area contributed by atoms with Gasteiger partial charge in [0, 0.05) is 15.8 Å². The molecule has 0 radical (unpaired) electrons. The van der Waals surface area contributed by atoms with Gasteiger partial charge < -0.3 is 5.32 Å². The van der Waals surface area contributed by atoms with E-state index in [1.807, 2.05) is 11.3 Å². The Morgan fingerprint density at radius 1 is 1.42 bits per heavy atom. The largest absolute Gasteiger partial charge is 0.309 e. The molecule has 3 nitrogen and oxygen atoms in total. The standard InChI is InChI=1S/C14H23NO2S2/c1-3-8-15-14(11-7-9-19(16,17)10-11)13-6-5-12(4-2)18-13/h5-6,11,14-15H,3-4,7-10H2,1-2H3. The van der Waals surface area contributed by atoms with E-state index in [1.54, 1.807) is 0 Å². The molecule has 2 unspecified atom stereocenters. The van der Waals surface area contributed by atoms with E-state index < -0.39 is 9.84 Å². The van der Waals surface area contributed by atoms with Crippen LogP contribution < -0.4 is 5.32 Å². The van der Waals surface area contributed by atoms with Gasteiger partial charge in [0.25, 0.3) is 0 Å². The Kier molecular flexibility index (Phi) is 5.03. The van der Waals surface area contributed by atoms with Crippen LogP contribution in [0.4, 0.5) is 0 Å². The summed E-state index contributed by atoms with van der Waals surface area (Å²) in [6, 6.07) is 4.55. The summed E-state index contributed by atoms with van der Waals surface area (Å²) in [5, 5.41) is 3.55. The van der Waals surface area contributed by atoms with Crippen molar-refractivity contribution in [3.05, 3.63) is 21.9 Å². The molecule has 0 aromatic carbocycles. The van der Waals surface area contributed by atoms with Crippen LogP contribution in [0.5, 0.6) is 0 Å². The number of hydrogen-bond acceptors (Lipinski definition) is 4. The fraction of sp³-hybridized carbons (Fsp3) is 0.714. The highest BCUT2D eigenvalue weighted by Gasteiger charge is 2.34. The smallest absolute Gasteiger partial charge is 0.150 e. The minimum absolute atomic E-state index is 0.211. The van der Waals surface area contributed by atoms with Crippen molar-refractivity contribution in [1.82, 2.24) is 5.32 Å². The quantitative estimate of drug-likeness (QED) is 0.879. The SMILES string of the molecule is CCCNC(c1ccc(CC)s1)C1CCS(=O)(=O)C1. The van der Waals surface area contributed by atoms with E-state index in [9.17, 15) is 8.42 Å². The maximum absolute atomic E-state index is 11.7. The summed E-state index contributed by atoms with van der Waals surface area (Å²) < 4.78 is 23.4. The van der Waals surface area contributed by atoms with Crippen molar-refractivity contribution in [3.63, 3.8) is 0 Å². The first-order valence-corrected chi connectivity index (χ1v) is 9.72. The van der Waals surface area contributed by atoms with Gasteiger partial charge in [-0.3, -0.25) is 0 Å². The van der Waals surface area contributed by atoms with Crippen LogP contribution in [0.25, 0.3) is 0 Å². The van der Waals surface area contributed by atoms with Gasteiger partial charge in [-0.1, -0.05) is 13.8 Å². The van der Waals surface area contributed by atoms with Crippen LogP contribution in [-0.2, 0) is 16.3 Å². The molecule has 0 spiro atoms. The fourth-order valence-corrected chi connectivity index (χ4v) is 5.60. The zero-order valence-electron chi connectivity index (χ0n) is 11.7. The molecule has 0 bridgehead atoms. The molecule has 1 aliphatic rings. The normalized spacial score (nSPS) is 23.6. The maximum Gasteiger partial charge on any atom is 0.150 e. The number of hydrogen-bond donors (Lipinski definition) is 1. The van der Waals surface area contributed by atoms with E-state index in [1.165, 1.54) is 9.75 Å². The third-order valence-electron chi connectivity index (χ3n) is 3.69. The summed E-state index contributed by atoms with van der Waals surface area (Å²) in [5.41, 5.74) is 0. The molecule has 0 saturated carbocycles. The summed E-state index contributed by atoms with van der Waals surface area (Å²) >= 11 is 1.82. The fourth-order valence-electron chi connectivity index (χ4n) is 2.64. The molecule has 2 atom stereocenters. The van der Waals surface area contributed by atoms with Crippen LogP contribution in [0.3, 0.4) is 0 Å². The first kappa shape index (κ1) is 15.0. The Morgan fingerprint density at radius 2 is 2.21 bits per heavy atom. The van der Waals surface area contributed by atoms with Gasteiger partial charge in [-0.05, 0) is 43.9 Å². The van der Waals surface area contributed by atoms with E-state index in [2.05, 4.69) is 31.3 Å². The summed E-state index contributed by atoms with van der Waals surface area (Å²) in [4.78, 5) is 2.67. The van der Waals surface area contributed by atoms with Gasteiger partial charge in [0.15, 0.2) is 9.84 Å². The predicted octanol–water partition coefficient (Wildman–Crippen LogP) is 2.79. The van der Waals surface area contributed by atoms with Crippen LogP contribution in [0, 0.1) is 5.92 Å². The average molecular weight is 301 g/mol. The summed E-state index contributed by atoms with van der Waals surface area (Å²) in [7, 11) is -2.81. The molecule has 1 aliphatic heterocycles. The lowest BCUT2D eigenvalue weighted by atomic mass is 9.97. The van der Waals surface area contributed by atoms with Crippen LogP contribution in [0.15, 0.2) is 12.1 Å². The molecule has 0 amide bonds. The van der Waals surface area contributed by atoms with Gasteiger partial charge in [-0.25, -0.2) is 8.42 Å². The highest BCUT2D eigenvalue weighted by Crippen LogP contribution is 2.35. The zero-order valence-corrected chi connectivity index (χ0v) is 13.3. The number of rotatable bonds is 6. The van der Waals surface area contributed by atoms with Gasteiger partial charge in [0.1, 0.15) is 0 Å². The zero-order chi connectivity index (χ0) is 13.9. The molecule has 2 rings (SSSR count). The Labute approximate surface area is 120 Å². The average Bonchev–Trinajstić information content (AvgIpc) is 2.97. The third-order valence-corrected chi connectivity index (χ3v) is 6.80. The van der Waals surface area contributed by atoms with Crippen molar-refractivity contribution >= 4 is 21.2 Å². The molecule has 5 heteroatoms. The highest BCUT2D eigenvalue weighted by molar-refractivity contribution is 7.91. The first-order valence-electron chi connectivity index (χ1n) is 7.08. The van der Waals surface area contributed by atoms with E-state index in [0.29, 0.717) is 11.5 Å². The summed E-state index contributed by atoms with van der Waals surface area (Å²) in [6.45, 7) is 5.24. The molecule has 1 aromatic rings. The molecule has 1 saturated heterocycles. The van der Waals surface area contributed by atoms with E-state index in [4.69, 9.17) is 0 Å². The summed E-state index contributed by atoms with van der Waals surface area (Å²) in [6.07, 6.45) is 2.92. The minimum atomic E-state index is -2.81. The van der Waals surface area contributed by atoms with Crippen LogP contribution in [0.1, 0.15) is 42.5 Å². The summed E-state index contributed by atoms with van der Waals surface area (Å²) in [5.74, 6) is 0.932. The molecule has 0 aliphatic carbocycles. The lowest BCUT2D eigenvalue weighted by molar-refractivity contribution is 0.398. The predicted molar refractivity (Wildman–Crippen MR) is 81.5 cm³/mol. The van der Waals surface area contributed by atoms with Gasteiger partial charge in [-0.2, -0.15) is 0 Å². The Morgan fingerprint density at radius 3 is 2.74 bits per heavy atom.